The molecule has 14 heavy (non-hydrogen) atoms. The van der Waals surface area contributed by atoms with Gasteiger partial charge in [-0.2, -0.15) is 11.3 Å². The lowest BCUT2D eigenvalue weighted by Gasteiger charge is -2.00. The predicted octanol–water partition coefficient (Wildman–Crippen LogP) is 2.88. The SMILES string of the molecule is Cc1cscc1C1C(C(=O)O)C1(C)C. The van der Waals surface area contributed by atoms with E-state index in [1.807, 2.05) is 13.8 Å². The largest absolute Gasteiger partial charge is 0.481 e. The summed E-state index contributed by atoms with van der Waals surface area (Å²) in [6.45, 7) is 6.13. The first-order valence-corrected chi connectivity index (χ1v) is 5.66. The van der Waals surface area contributed by atoms with E-state index in [0.717, 1.165) is 0 Å². The summed E-state index contributed by atoms with van der Waals surface area (Å²) in [6.07, 6.45) is 0. The molecule has 0 spiro atoms. The summed E-state index contributed by atoms with van der Waals surface area (Å²) < 4.78 is 0. The third kappa shape index (κ3) is 1.19. The van der Waals surface area contributed by atoms with Crippen molar-refractivity contribution in [3.8, 4) is 0 Å². The molecule has 1 N–H and O–H groups in total. The third-order valence-electron chi connectivity index (χ3n) is 3.32. The second-order valence-corrected chi connectivity index (χ2v) is 5.37. The summed E-state index contributed by atoms with van der Waals surface area (Å²) in [5, 5.41) is 13.2. The fraction of sp³-hybridized carbons (Fsp3) is 0.545. The van der Waals surface area contributed by atoms with E-state index >= 15 is 0 Å². The Hall–Kier alpha value is -0.830. The molecule has 2 nitrogen and oxygen atoms in total. The fourth-order valence-electron chi connectivity index (χ4n) is 2.37. The van der Waals surface area contributed by atoms with Crippen molar-refractivity contribution in [2.75, 3.05) is 0 Å². The lowest BCUT2D eigenvalue weighted by Crippen LogP contribution is -2.03. The Kier molecular flexibility index (Phi) is 1.96. The maximum absolute atomic E-state index is 11.0. The molecule has 1 aromatic heterocycles. The molecule has 0 aliphatic heterocycles. The minimum absolute atomic E-state index is 0.0718. The van der Waals surface area contributed by atoms with Crippen LogP contribution in [0.25, 0.3) is 0 Å². The summed E-state index contributed by atoms with van der Waals surface area (Å²) in [6, 6.07) is 0. The van der Waals surface area contributed by atoms with Crippen molar-refractivity contribution in [3.63, 3.8) is 0 Å². The predicted molar refractivity (Wildman–Crippen MR) is 56.7 cm³/mol. The van der Waals surface area contributed by atoms with Crippen LogP contribution in [0.1, 0.15) is 30.9 Å². The highest BCUT2D eigenvalue weighted by molar-refractivity contribution is 7.08. The number of thiophene rings is 1. The number of carbonyl (C=O) groups is 1. The van der Waals surface area contributed by atoms with E-state index in [1.54, 1.807) is 11.3 Å². The smallest absolute Gasteiger partial charge is 0.307 e. The topological polar surface area (TPSA) is 37.3 Å². The van der Waals surface area contributed by atoms with Crippen molar-refractivity contribution < 1.29 is 9.90 Å². The zero-order valence-corrected chi connectivity index (χ0v) is 9.39. The first-order chi connectivity index (χ1) is 6.46. The van der Waals surface area contributed by atoms with E-state index in [9.17, 15) is 4.79 Å². The zero-order chi connectivity index (χ0) is 10.5. The van der Waals surface area contributed by atoms with Crippen LogP contribution < -0.4 is 0 Å². The molecule has 3 heteroatoms. The molecule has 0 amide bonds. The van der Waals surface area contributed by atoms with Gasteiger partial charge in [-0.25, -0.2) is 0 Å². The zero-order valence-electron chi connectivity index (χ0n) is 8.57. The molecule has 0 radical (unpaired) electrons. The average molecular weight is 210 g/mol. The van der Waals surface area contributed by atoms with Crippen molar-refractivity contribution in [1.82, 2.24) is 0 Å². The molecule has 76 valence electrons. The molecular weight excluding hydrogens is 196 g/mol. The van der Waals surface area contributed by atoms with Gasteiger partial charge in [0.25, 0.3) is 0 Å². The number of rotatable bonds is 2. The van der Waals surface area contributed by atoms with E-state index < -0.39 is 5.97 Å². The summed E-state index contributed by atoms with van der Waals surface area (Å²) in [7, 11) is 0. The number of aliphatic carboxylic acids is 1. The van der Waals surface area contributed by atoms with Gasteiger partial charge in [0.05, 0.1) is 5.92 Å². The van der Waals surface area contributed by atoms with E-state index in [-0.39, 0.29) is 17.3 Å². The molecule has 0 bridgehead atoms. The Balaban J connectivity index is 2.32. The van der Waals surface area contributed by atoms with Crippen LogP contribution in [0, 0.1) is 18.3 Å². The summed E-state index contributed by atoms with van der Waals surface area (Å²) in [4.78, 5) is 11.0. The quantitative estimate of drug-likeness (QED) is 0.815. The van der Waals surface area contributed by atoms with Crippen LogP contribution in [0.5, 0.6) is 0 Å². The summed E-state index contributed by atoms with van der Waals surface area (Å²) in [5.74, 6) is -0.646. The minimum Gasteiger partial charge on any atom is -0.481 e. The Morgan fingerprint density at radius 1 is 1.50 bits per heavy atom. The molecule has 1 aliphatic carbocycles. The summed E-state index contributed by atoms with van der Waals surface area (Å²) >= 11 is 1.66. The normalized spacial score (nSPS) is 28.8. The molecule has 1 fully saturated rings. The van der Waals surface area contributed by atoms with Gasteiger partial charge in [0, 0.05) is 5.92 Å². The molecule has 1 aromatic rings. The number of hydrogen-bond acceptors (Lipinski definition) is 2. The van der Waals surface area contributed by atoms with Gasteiger partial charge in [-0.15, -0.1) is 0 Å². The van der Waals surface area contributed by atoms with Crippen LogP contribution in [0.15, 0.2) is 10.8 Å². The van der Waals surface area contributed by atoms with Gasteiger partial charge < -0.3 is 5.11 Å². The highest BCUT2D eigenvalue weighted by Gasteiger charge is 2.63. The molecule has 2 atom stereocenters. The van der Waals surface area contributed by atoms with Crippen molar-refractivity contribution in [2.24, 2.45) is 11.3 Å². The van der Waals surface area contributed by atoms with Gasteiger partial charge >= 0.3 is 5.97 Å². The van der Waals surface area contributed by atoms with Gasteiger partial charge in [-0.05, 0) is 34.2 Å². The highest BCUT2D eigenvalue weighted by Crippen LogP contribution is 2.65. The van der Waals surface area contributed by atoms with Crippen LogP contribution >= 0.6 is 11.3 Å². The molecule has 0 saturated heterocycles. The summed E-state index contributed by atoms with van der Waals surface area (Å²) in [5.41, 5.74) is 2.39. The molecule has 2 unspecified atom stereocenters. The molecule has 2 rings (SSSR count). The van der Waals surface area contributed by atoms with Crippen LogP contribution in [-0.4, -0.2) is 11.1 Å². The Morgan fingerprint density at radius 2 is 2.14 bits per heavy atom. The van der Waals surface area contributed by atoms with E-state index in [1.165, 1.54) is 11.1 Å². The monoisotopic (exact) mass is 210 g/mol. The fourth-order valence-corrected chi connectivity index (χ4v) is 3.26. The number of hydrogen-bond donors (Lipinski definition) is 1. The van der Waals surface area contributed by atoms with Crippen LogP contribution in [0.3, 0.4) is 0 Å². The number of carboxylic acid groups (broad SMARTS) is 1. The molecule has 1 aliphatic rings. The maximum Gasteiger partial charge on any atom is 0.307 e. The second-order valence-electron chi connectivity index (χ2n) is 4.63. The second kappa shape index (κ2) is 2.83. The number of carboxylic acids is 1. The van der Waals surface area contributed by atoms with Crippen molar-refractivity contribution in [3.05, 3.63) is 21.9 Å². The lowest BCUT2D eigenvalue weighted by molar-refractivity contribution is -0.139. The average Bonchev–Trinajstić information content (AvgIpc) is 2.42. The van der Waals surface area contributed by atoms with Crippen LogP contribution in [0.2, 0.25) is 0 Å². The van der Waals surface area contributed by atoms with E-state index in [4.69, 9.17) is 5.11 Å². The van der Waals surface area contributed by atoms with Crippen LogP contribution in [-0.2, 0) is 4.79 Å². The standard InChI is InChI=1S/C11H14O2S/c1-6-4-14-5-7(6)8-9(10(12)13)11(8,2)3/h4-5,8-9H,1-3H3,(H,12,13). The highest BCUT2D eigenvalue weighted by atomic mass is 32.1. The van der Waals surface area contributed by atoms with E-state index in [0.29, 0.717) is 0 Å². The van der Waals surface area contributed by atoms with Crippen LogP contribution in [0.4, 0.5) is 0 Å². The molecule has 0 aromatic carbocycles. The Labute approximate surface area is 87.6 Å². The van der Waals surface area contributed by atoms with Gasteiger partial charge in [0.2, 0.25) is 0 Å². The minimum atomic E-state index is -0.661. The maximum atomic E-state index is 11.0. The van der Waals surface area contributed by atoms with Crippen molar-refractivity contribution in [1.29, 1.82) is 0 Å². The molecule has 1 heterocycles. The van der Waals surface area contributed by atoms with Gasteiger partial charge in [0.1, 0.15) is 0 Å². The first-order valence-electron chi connectivity index (χ1n) is 4.71. The Morgan fingerprint density at radius 3 is 2.50 bits per heavy atom. The van der Waals surface area contributed by atoms with E-state index in [2.05, 4.69) is 17.7 Å². The van der Waals surface area contributed by atoms with Gasteiger partial charge in [0.15, 0.2) is 0 Å². The Bertz CT molecular complexity index is 378. The third-order valence-corrected chi connectivity index (χ3v) is 4.20. The van der Waals surface area contributed by atoms with Crippen molar-refractivity contribution in [2.45, 2.75) is 26.7 Å². The van der Waals surface area contributed by atoms with Gasteiger partial charge in [-0.3, -0.25) is 4.79 Å². The lowest BCUT2D eigenvalue weighted by atomic mass is 10.0. The number of aryl methyl sites for hydroxylation is 1. The molecular formula is C11H14O2S. The van der Waals surface area contributed by atoms with Crippen molar-refractivity contribution >= 4 is 17.3 Å². The first kappa shape index (κ1) is 9.71. The van der Waals surface area contributed by atoms with Gasteiger partial charge in [-0.1, -0.05) is 13.8 Å². The molecule has 1 saturated carbocycles.